The van der Waals surface area contributed by atoms with Crippen molar-refractivity contribution in [2.75, 3.05) is 36.0 Å². The first-order chi connectivity index (χ1) is 15.8. The highest BCUT2D eigenvalue weighted by Gasteiger charge is 2.25. The zero-order valence-corrected chi connectivity index (χ0v) is 18.0. The van der Waals surface area contributed by atoms with Gasteiger partial charge >= 0.3 is 0 Å². The lowest BCUT2D eigenvalue weighted by Crippen LogP contribution is -2.40. The molecule has 0 atom stereocenters. The lowest BCUT2D eigenvalue weighted by atomic mass is 9.96. The van der Waals surface area contributed by atoms with Crippen LogP contribution in [0.5, 0.6) is 0 Å². The van der Waals surface area contributed by atoms with Gasteiger partial charge in [-0.15, -0.1) is 10.2 Å². The molecule has 0 unspecified atom stereocenters. The van der Waals surface area contributed by atoms with Gasteiger partial charge in [-0.05, 0) is 55.5 Å². The van der Waals surface area contributed by atoms with Gasteiger partial charge in [0.05, 0.1) is 0 Å². The Hall–Kier alpha value is -3.56. The highest BCUT2D eigenvalue weighted by Crippen LogP contribution is 2.22. The van der Waals surface area contributed by atoms with Crippen LogP contribution in [0.4, 0.5) is 11.6 Å². The van der Waals surface area contributed by atoms with Gasteiger partial charge in [-0.2, -0.15) is 5.10 Å². The number of piperidine rings is 1. The Kier molecular flexibility index (Phi) is 5.91. The maximum atomic E-state index is 12.7. The molecule has 3 aromatic heterocycles. The van der Waals surface area contributed by atoms with Crippen molar-refractivity contribution in [3.63, 3.8) is 0 Å². The van der Waals surface area contributed by atoms with Crippen molar-refractivity contribution < 1.29 is 4.79 Å². The summed E-state index contributed by atoms with van der Waals surface area (Å²) in [5.41, 5.74) is 1.09. The smallest absolute Gasteiger partial charge is 0.223 e. The van der Waals surface area contributed by atoms with E-state index in [1.54, 1.807) is 11.0 Å². The van der Waals surface area contributed by atoms with Crippen molar-refractivity contribution in [2.24, 2.45) is 5.92 Å². The Bertz CT molecular complexity index is 1020. The standard InChI is InChI=1S/C22H27N9O/c32-22(25-14-17-5-8-24-21(13-17)29-9-1-2-10-29)18-6-11-30(12-7-18)19-3-4-20(28-27-19)31-16-23-15-26-31/h3-5,8,13,15-16,18H,1-2,6-7,9-12,14H2,(H,25,32). The van der Waals surface area contributed by atoms with Crippen molar-refractivity contribution in [3.05, 3.63) is 48.7 Å². The molecule has 10 nitrogen and oxygen atoms in total. The molecule has 5 heterocycles. The highest BCUT2D eigenvalue weighted by atomic mass is 16.1. The quantitative estimate of drug-likeness (QED) is 0.625. The molecular formula is C22H27N9O. The number of aromatic nitrogens is 6. The van der Waals surface area contributed by atoms with E-state index in [-0.39, 0.29) is 11.8 Å². The molecule has 32 heavy (non-hydrogen) atoms. The summed E-state index contributed by atoms with van der Waals surface area (Å²) in [5, 5.41) is 15.7. The predicted molar refractivity (Wildman–Crippen MR) is 119 cm³/mol. The van der Waals surface area contributed by atoms with Gasteiger partial charge in [0.15, 0.2) is 11.6 Å². The molecule has 5 rings (SSSR count). The van der Waals surface area contributed by atoms with Gasteiger partial charge in [-0.25, -0.2) is 14.6 Å². The number of carbonyl (C=O) groups excluding carboxylic acids is 1. The topological polar surface area (TPSA) is 105 Å². The van der Waals surface area contributed by atoms with Crippen LogP contribution in [0.2, 0.25) is 0 Å². The molecule has 0 bridgehead atoms. The Balaban J connectivity index is 1.11. The zero-order chi connectivity index (χ0) is 21.8. The van der Waals surface area contributed by atoms with E-state index in [0.717, 1.165) is 56.2 Å². The van der Waals surface area contributed by atoms with Crippen molar-refractivity contribution in [2.45, 2.75) is 32.2 Å². The molecule has 3 aromatic rings. The Labute approximate surface area is 186 Å². The van der Waals surface area contributed by atoms with Gasteiger partial charge in [0.25, 0.3) is 0 Å². The molecule has 1 N–H and O–H groups in total. The number of hydrogen-bond donors (Lipinski definition) is 1. The Morgan fingerprint density at radius 3 is 2.44 bits per heavy atom. The third kappa shape index (κ3) is 4.53. The number of nitrogens with zero attached hydrogens (tertiary/aromatic N) is 8. The molecule has 2 aliphatic heterocycles. The molecule has 2 saturated heterocycles. The first-order valence-corrected chi connectivity index (χ1v) is 11.2. The molecule has 0 saturated carbocycles. The summed E-state index contributed by atoms with van der Waals surface area (Å²) in [6, 6.07) is 7.88. The van der Waals surface area contributed by atoms with Crippen LogP contribution in [0.3, 0.4) is 0 Å². The van der Waals surface area contributed by atoms with Crippen molar-refractivity contribution >= 4 is 17.5 Å². The maximum Gasteiger partial charge on any atom is 0.223 e. The number of carbonyl (C=O) groups is 1. The van der Waals surface area contributed by atoms with Gasteiger partial charge in [0.1, 0.15) is 18.5 Å². The van der Waals surface area contributed by atoms with E-state index in [1.807, 2.05) is 24.4 Å². The van der Waals surface area contributed by atoms with Crippen LogP contribution < -0.4 is 15.1 Å². The summed E-state index contributed by atoms with van der Waals surface area (Å²) < 4.78 is 1.57. The Morgan fingerprint density at radius 1 is 0.969 bits per heavy atom. The van der Waals surface area contributed by atoms with Gasteiger partial charge in [-0.1, -0.05) is 0 Å². The van der Waals surface area contributed by atoms with Crippen LogP contribution in [0.1, 0.15) is 31.2 Å². The molecule has 10 heteroatoms. The molecule has 2 fully saturated rings. The van der Waals surface area contributed by atoms with Crippen molar-refractivity contribution in [1.82, 2.24) is 35.3 Å². The minimum atomic E-state index is 0.0218. The second-order valence-corrected chi connectivity index (χ2v) is 8.29. The molecule has 2 aliphatic rings. The van der Waals surface area contributed by atoms with Crippen molar-refractivity contribution in [3.8, 4) is 5.82 Å². The fourth-order valence-corrected chi connectivity index (χ4v) is 4.33. The normalized spacial score (nSPS) is 17.0. The van der Waals surface area contributed by atoms with Crippen LogP contribution in [-0.2, 0) is 11.3 Å². The van der Waals surface area contributed by atoms with Gasteiger partial charge in [0, 0.05) is 44.8 Å². The van der Waals surface area contributed by atoms with Gasteiger partial charge < -0.3 is 15.1 Å². The van der Waals surface area contributed by atoms with Gasteiger partial charge in [-0.3, -0.25) is 4.79 Å². The van der Waals surface area contributed by atoms with Crippen molar-refractivity contribution in [1.29, 1.82) is 0 Å². The zero-order valence-electron chi connectivity index (χ0n) is 18.0. The molecular weight excluding hydrogens is 406 g/mol. The summed E-state index contributed by atoms with van der Waals surface area (Å²) in [5.74, 6) is 2.60. The minimum absolute atomic E-state index is 0.0218. The largest absolute Gasteiger partial charge is 0.357 e. The molecule has 0 aromatic carbocycles. The number of hydrogen-bond acceptors (Lipinski definition) is 8. The molecule has 166 valence electrons. The van der Waals surface area contributed by atoms with E-state index in [4.69, 9.17) is 0 Å². The van der Waals surface area contributed by atoms with E-state index < -0.39 is 0 Å². The van der Waals surface area contributed by atoms with Crippen LogP contribution in [-0.4, -0.2) is 62.0 Å². The minimum Gasteiger partial charge on any atom is -0.357 e. The highest BCUT2D eigenvalue weighted by molar-refractivity contribution is 5.79. The summed E-state index contributed by atoms with van der Waals surface area (Å²) >= 11 is 0. The second kappa shape index (κ2) is 9.29. The lowest BCUT2D eigenvalue weighted by Gasteiger charge is -2.31. The first-order valence-electron chi connectivity index (χ1n) is 11.2. The first kappa shape index (κ1) is 20.3. The number of rotatable bonds is 6. The number of amides is 1. The van der Waals surface area contributed by atoms with Crippen LogP contribution in [0.25, 0.3) is 5.82 Å². The van der Waals surface area contributed by atoms with E-state index in [9.17, 15) is 4.79 Å². The van der Waals surface area contributed by atoms with Crippen LogP contribution >= 0.6 is 0 Å². The monoisotopic (exact) mass is 433 g/mol. The number of pyridine rings is 1. The van der Waals surface area contributed by atoms with Crippen LogP contribution in [0.15, 0.2) is 43.1 Å². The fraction of sp³-hybridized carbons (Fsp3) is 0.455. The lowest BCUT2D eigenvalue weighted by molar-refractivity contribution is -0.125. The molecule has 0 aliphatic carbocycles. The number of anilines is 2. The average molecular weight is 434 g/mol. The fourth-order valence-electron chi connectivity index (χ4n) is 4.33. The van der Waals surface area contributed by atoms with E-state index >= 15 is 0 Å². The summed E-state index contributed by atoms with van der Waals surface area (Å²) in [7, 11) is 0. The molecule has 0 radical (unpaired) electrons. The van der Waals surface area contributed by atoms with Gasteiger partial charge in [0.2, 0.25) is 5.91 Å². The third-order valence-corrected chi connectivity index (χ3v) is 6.19. The predicted octanol–water partition coefficient (Wildman–Crippen LogP) is 1.59. The molecule has 0 spiro atoms. The summed E-state index contributed by atoms with van der Waals surface area (Å²) in [4.78, 5) is 25.6. The maximum absolute atomic E-state index is 12.7. The van der Waals surface area contributed by atoms with E-state index in [2.05, 4.69) is 46.4 Å². The third-order valence-electron chi connectivity index (χ3n) is 6.19. The second-order valence-electron chi connectivity index (χ2n) is 8.29. The summed E-state index contributed by atoms with van der Waals surface area (Å²) in [6.07, 6.45) is 8.93. The molecule has 1 amide bonds. The SMILES string of the molecule is O=C(NCc1ccnc(N2CCCC2)c1)C1CCN(c2ccc(-n3cncn3)nn2)CC1. The van der Waals surface area contributed by atoms with E-state index in [1.165, 1.54) is 19.2 Å². The van der Waals surface area contributed by atoms with Crippen LogP contribution in [0, 0.1) is 5.92 Å². The average Bonchev–Trinajstić information content (AvgIpc) is 3.58. The summed E-state index contributed by atoms with van der Waals surface area (Å²) in [6.45, 7) is 4.23. The number of nitrogens with one attached hydrogen (secondary N) is 1. The Morgan fingerprint density at radius 2 is 1.72 bits per heavy atom. The van der Waals surface area contributed by atoms with E-state index in [0.29, 0.717) is 12.4 Å².